The van der Waals surface area contributed by atoms with Crippen LogP contribution < -0.4 is 0 Å². The summed E-state index contributed by atoms with van der Waals surface area (Å²) in [6, 6.07) is 0. The van der Waals surface area contributed by atoms with Gasteiger partial charge in [-0.1, -0.05) is 31.9 Å². The van der Waals surface area contributed by atoms with Gasteiger partial charge in [0.15, 0.2) is 0 Å². The van der Waals surface area contributed by atoms with Gasteiger partial charge in [-0.3, -0.25) is 9.59 Å². The van der Waals surface area contributed by atoms with Crippen LogP contribution in [0.3, 0.4) is 0 Å². The molecule has 17 heavy (non-hydrogen) atoms. The van der Waals surface area contributed by atoms with E-state index in [0.29, 0.717) is 23.7 Å². The van der Waals surface area contributed by atoms with E-state index in [4.69, 9.17) is 0 Å². The van der Waals surface area contributed by atoms with Crippen molar-refractivity contribution in [2.75, 3.05) is 48.3 Å². The third kappa shape index (κ3) is 5.18. The average Bonchev–Trinajstić information content (AvgIpc) is 2.48. The molecule has 0 atom stereocenters. The van der Waals surface area contributed by atoms with E-state index in [2.05, 4.69) is 31.9 Å². The SMILES string of the molecule is O=C(CBr)N1CCSCCN(C(=O)CBr)CC1. The lowest BCUT2D eigenvalue weighted by atomic mass is 10.4. The van der Waals surface area contributed by atoms with Crippen LogP contribution in [0, 0.1) is 0 Å². The van der Waals surface area contributed by atoms with Crippen LogP contribution >= 0.6 is 43.6 Å². The van der Waals surface area contributed by atoms with Gasteiger partial charge in [0.2, 0.25) is 11.8 Å². The molecule has 2 amide bonds. The number of rotatable bonds is 2. The quantitative estimate of drug-likeness (QED) is 0.668. The number of carbonyl (C=O) groups is 2. The number of amides is 2. The first-order chi connectivity index (χ1) is 8.19. The first-order valence-electron chi connectivity index (χ1n) is 5.44. The number of hydrogen-bond acceptors (Lipinski definition) is 3. The Morgan fingerprint density at radius 3 is 1.65 bits per heavy atom. The van der Waals surface area contributed by atoms with Crippen LogP contribution in [0.2, 0.25) is 0 Å². The normalized spacial score (nSPS) is 18.2. The second-order valence-corrected chi connectivity index (χ2v) is 5.99. The van der Waals surface area contributed by atoms with Gasteiger partial charge in [-0.15, -0.1) is 0 Å². The summed E-state index contributed by atoms with van der Waals surface area (Å²) < 4.78 is 0. The lowest BCUT2D eigenvalue weighted by Crippen LogP contribution is -2.42. The zero-order valence-corrected chi connectivity index (χ0v) is 13.5. The molecule has 1 heterocycles. The summed E-state index contributed by atoms with van der Waals surface area (Å²) in [7, 11) is 0. The number of halogens is 2. The Hall–Kier alpha value is 0.250. The fraction of sp³-hybridized carbons (Fsp3) is 0.800. The number of nitrogens with zero attached hydrogens (tertiary/aromatic N) is 2. The maximum atomic E-state index is 11.6. The lowest BCUT2D eigenvalue weighted by molar-refractivity contribution is -0.131. The van der Waals surface area contributed by atoms with Gasteiger partial charge in [0.25, 0.3) is 0 Å². The summed E-state index contributed by atoms with van der Waals surface area (Å²) in [5, 5.41) is 0.702. The second-order valence-electron chi connectivity index (χ2n) is 3.64. The Labute approximate surface area is 123 Å². The standard InChI is InChI=1S/C10H16Br2N2O2S/c11-7-9(15)13-1-2-14(10(16)8-12)4-6-17-5-3-13/h1-8H2. The maximum absolute atomic E-state index is 11.6. The summed E-state index contributed by atoms with van der Waals surface area (Å²) in [4.78, 5) is 26.9. The zero-order chi connectivity index (χ0) is 12.7. The molecular weight excluding hydrogens is 372 g/mol. The maximum Gasteiger partial charge on any atom is 0.233 e. The molecule has 98 valence electrons. The highest BCUT2D eigenvalue weighted by Crippen LogP contribution is 2.08. The van der Waals surface area contributed by atoms with Crippen molar-refractivity contribution in [2.24, 2.45) is 0 Å². The third-order valence-electron chi connectivity index (χ3n) is 2.58. The van der Waals surface area contributed by atoms with Gasteiger partial charge in [0, 0.05) is 37.7 Å². The van der Waals surface area contributed by atoms with E-state index >= 15 is 0 Å². The van der Waals surface area contributed by atoms with Gasteiger partial charge in [0.05, 0.1) is 10.7 Å². The van der Waals surface area contributed by atoms with Crippen LogP contribution in [-0.2, 0) is 9.59 Å². The van der Waals surface area contributed by atoms with Crippen molar-refractivity contribution in [3.05, 3.63) is 0 Å². The van der Waals surface area contributed by atoms with Gasteiger partial charge >= 0.3 is 0 Å². The third-order valence-corrected chi connectivity index (χ3v) is 4.49. The van der Waals surface area contributed by atoms with Crippen LogP contribution in [0.25, 0.3) is 0 Å². The van der Waals surface area contributed by atoms with Crippen LogP contribution in [0.1, 0.15) is 0 Å². The van der Waals surface area contributed by atoms with Crippen molar-refractivity contribution < 1.29 is 9.59 Å². The molecule has 1 rings (SSSR count). The molecule has 1 aliphatic heterocycles. The number of hydrogen-bond donors (Lipinski definition) is 0. The highest BCUT2D eigenvalue weighted by Gasteiger charge is 2.18. The zero-order valence-electron chi connectivity index (χ0n) is 9.53. The molecule has 0 saturated carbocycles. The monoisotopic (exact) mass is 386 g/mol. The van der Waals surface area contributed by atoms with E-state index in [1.807, 2.05) is 9.80 Å². The van der Waals surface area contributed by atoms with Gasteiger partial charge in [0.1, 0.15) is 0 Å². The van der Waals surface area contributed by atoms with Crippen LogP contribution in [0.15, 0.2) is 0 Å². The average molecular weight is 388 g/mol. The minimum absolute atomic E-state index is 0.0961. The first kappa shape index (κ1) is 15.3. The molecule has 7 heteroatoms. The number of thioether (sulfide) groups is 1. The molecule has 0 radical (unpaired) electrons. The molecule has 1 saturated heterocycles. The molecule has 0 aromatic carbocycles. The Kier molecular flexibility index (Phi) is 7.54. The molecule has 0 N–H and O–H groups in total. The Morgan fingerprint density at radius 1 is 0.882 bits per heavy atom. The van der Waals surface area contributed by atoms with E-state index in [-0.39, 0.29) is 11.8 Å². The molecule has 4 nitrogen and oxygen atoms in total. The fourth-order valence-corrected chi connectivity index (χ4v) is 3.20. The Morgan fingerprint density at radius 2 is 1.29 bits per heavy atom. The highest BCUT2D eigenvalue weighted by molar-refractivity contribution is 9.09. The van der Waals surface area contributed by atoms with Crippen LogP contribution in [0.4, 0.5) is 0 Å². The van der Waals surface area contributed by atoms with Gasteiger partial charge in [-0.05, 0) is 0 Å². The Bertz CT molecular complexity index is 253. The van der Waals surface area contributed by atoms with Crippen molar-refractivity contribution >= 4 is 55.4 Å². The van der Waals surface area contributed by atoms with Crippen molar-refractivity contribution in [1.29, 1.82) is 0 Å². The smallest absolute Gasteiger partial charge is 0.233 e. The molecule has 0 unspecified atom stereocenters. The summed E-state index contributed by atoms with van der Waals surface area (Å²) in [5.74, 6) is 2.07. The molecule has 1 aliphatic rings. The highest BCUT2D eigenvalue weighted by atomic mass is 79.9. The van der Waals surface area contributed by atoms with E-state index in [1.165, 1.54) is 0 Å². The van der Waals surface area contributed by atoms with E-state index in [0.717, 1.165) is 24.6 Å². The predicted molar refractivity (Wildman–Crippen MR) is 78.1 cm³/mol. The van der Waals surface area contributed by atoms with Crippen molar-refractivity contribution in [2.45, 2.75) is 0 Å². The second kappa shape index (κ2) is 8.37. The number of carbonyl (C=O) groups excluding carboxylic acids is 2. The Balaban J connectivity index is 2.58. The van der Waals surface area contributed by atoms with Crippen molar-refractivity contribution in [3.63, 3.8) is 0 Å². The van der Waals surface area contributed by atoms with E-state index in [1.54, 1.807) is 11.8 Å². The summed E-state index contributed by atoms with van der Waals surface area (Å²) in [5.41, 5.74) is 0. The van der Waals surface area contributed by atoms with Gasteiger partial charge in [-0.25, -0.2) is 0 Å². The molecule has 0 spiro atoms. The van der Waals surface area contributed by atoms with Crippen LogP contribution in [-0.4, -0.2) is 70.0 Å². The number of alkyl halides is 2. The molecular formula is C10H16Br2N2O2S. The minimum atomic E-state index is 0.0961. The van der Waals surface area contributed by atoms with Gasteiger partial charge < -0.3 is 9.80 Å². The summed E-state index contributed by atoms with van der Waals surface area (Å²) >= 11 is 8.16. The minimum Gasteiger partial charge on any atom is -0.339 e. The molecule has 0 bridgehead atoms. The topological polar surface area (TPSA) is 40.6 Å². The largest absolute Gasteiger partial charge is 0.339 e. The van der Waals surface area contributed by atoms with E-state index < -0.39 is 0 Å². The molecule has 0 aromatic heterocycles. The predicted octanol–water partition coefficient (Wildman–Crippen LogP) is 1.18. The van der Waals surface area contributed by atoms with Gasteiger partial charge in [-0.2, -0.15) is 11.8 Å². The summed E-state index contributed by atoms with van der Waals surface area (Å²) in [6.45, 7) is 2.80. The summed E-state index contributed by atoms with van der Waals surface area (Å²) in [6.07, 6.45) is 0. The molecule has 0 aliphatic carbocycles. The molecule has 1 fully saturated rings. The first-order valence-corrected chi connectivity index (χ1v) is 8.84. The lowest BCUT2D eigenvalue weighted by Gasteiger charge is -2.25. The fourth-order valence-electron chi connectivity index (χ4n) is 1.58. The van der Waals surface area contributed by atoms with Crippen LogP contribution in [0.5, 0.6) is 0 Å². The van der Waals surface area contributed by atoms with Crippen molar-refractivity contribution in [1.82, 2.24) is 9.80 Å². The van der Waals surface area contributed by atoms with E-state index in [9.17, 15) is 9.59 Å². The van der Waals surface area contributed by atoms with Crippen molar-refractivity contribution in [3.8, 4) is 0 Å². The molecule has 0 aromatic rings.